The van der Waals surface area contributed by atoms with Crippen LogP contribution in [0.5, 0.6) is 0 Å². The van der Waals surface area contributed by atoms with Gasteiger partial charge in [-0.25, -0.2) is 4.98 Å². The normalized spacial score (nSPS) is 9.54. The predicted octanol–water partition coefficient (Wildman–Crippen LogP) is 2.36. The number of aromatic nitrogens is 2. The highest BCUT2D eigenvalue weighted by molar-refractivity contribution is 7.78. The highest BCUT2D eigenvalue weighted by atomic mass is 32.1. The lowest BCUT2D eigenvalue weighted by molar-refractivity contribution is 1.29. The van der Waals surface area contributed by atoms with Gasteiger partial charge in [0.25, 0.3) is 0 Å². The SMILES string of the molecule is S=C=Nc1nccc2ncccc12. The Hall–Kier alpha value is -1.64. The van der Waals surface area contributed by atoms with Gasteiger partial charge in [-0.15, -0.1) is 0 Å². The van der Waals surface area contributed by atoms with E-state index in [-0.39, 0.29) is 0 Å². The van der Waals surface area contributed by atoms with Gasteiger partial charge in [0.15, 0.2) is 5.82 Å². The van der Waals surface area contributed by atoms with Crippen LogP contribution < -0.4 is 0 Å². The summed E-state index contributed by atoms with van der Waals surface area (Å²) in [5.74, 6) is 0.570. The molecule has 0 fully saturated rings. The second kappa shape index (κ2) is 3.39. The van der Waals surface area contributed by atoms with E-state index in [1.54, 1.807) is 12.4 Å². The minimum atomic E-state index is 0.570. The fourth-order valence-electron chi connectivity index (χ4n) is 1.12. The van der Waals surface area contributed by atoms with Gasteiger partial charge in [0.2, 0.25) is 0 Å². The summed E-state index contributed by atoms with van der Waals surface area (Å²) in [7, 11) is 0. The molecule has 0 spiro atoms. The van der Waals surface area contributed by atoms with Crippen molar-refractivity contribution in [3.05, 3.63) is 30.6 Å². The van der Waals surface area contributed by atoms with Crippen LogP contribution >= 0.6 is 12.2 Å². The van der Waals surface area contributed by atoms with Crippen molar-refractivity contribution >= 4 is 34.1 Å². The predicted molar refractivity (Wildman–Crippen MR) is 54.2 cm³/mol. The Morgan fingerprint density at radius 3 is 3.00 bits per heavy atom. The molecule has 62 valence electrons. The summed E-state index contributed by atoms with van der Waals surface area (Å²) in [6.45, 7) is 0. The maximum atomic E-state index is 4.52. The lowest BCUT2D eigenvalue weighted by Gasteiger charge is -1.96. The highest BCUT2D eigenvalue weighted by Crippen LogP contribution is 2.20. The fraction of sp³-hybridized carbons (Fsp3) is 0. The number of hydrogen-bond acceptors (Lipinski definition) is 4. The molecule has 4 heteroatoms. The van der Waals surface area contributed by atoms with Crippen molar-refractivity contribution in [1.29, 1.82) is 0 Å². The first kappa shape index (κ1) is 7.98. The van der Waals surface area contributed by atoms with Crippen molar-refractivity contribution in [2.75, 3.05) is 0 Å². The molecule has 0 aliphatic carbocycles. The van der Waals surface area contributed by atoms with Gasteiger partial charge in [0.05, 0.1) is 10.7 Å². The molecule has 2 rings (SSSR count). The topological polar surface area (TPSA) is 38.1 Å². The maximum absolute atomic E-state index is 4.52. The molecule has 2 aromatic heterocycles. The van der Waals surface area contributed by atoms with Crippen molar-refractivity contribution < 1.29 is 0 Å². The molecule has 0 aliphatic heterocycles. The number of thiocarbonyl (C=S) groups is 1. The van der Waals surface area contributed by atoms with Crippen LogP contribution in [-0.2, 0) is 0 Å². The average Bonchev–Trinajstić information content (AvgIpc) is 2.19. The van der Waals surface area contributed by atoms with E-state index < -0.39 is 0 Å². The summed E-state index contributed by atoms with van der Waals surface area (Å²) in [4.78, 5) is 12.1. The Kier molecular flexibility index (Phi) is 2.08. The second-order valence-corrected chi connectivity index (χ2v) is 2.59. The first-order valence-electron chi connectivity index (χ1n) is 3.69. The molecule has 2 aromatic rings. The van der Waals surface area contributed by atoms with Crippen molar-refractivity contribution in [2.45, 2.75) is 0 Å². The third-order valence-corrected chi connectivity index (χ3v) is 1.75. The van der Waals surface area contributed by atoms with Crippen LogP contribution in [0.3, 0.4) is 0 Å². The van der Waals surface area contributed by atoms with Crippen LogP contribution in [-0.4, -0.2) is 15.1 Å². The minimum Gasteiger partial charge on any atom is -0.256 e. The molecule has 3 nitrogen and oxygen atoms in total. The monoisotopic (exact) mass is 187 g/mol. The molecule has 0 N–H and O–H groups in total. The number of nitrogens with zero attached hydrogens (tertiary/aromatic N) is 3. The van der Waals surface area contributed by atoms with Crippen LogP contribution in [0.2, 0.25) is 0 Å². The third-order valence-electron chi connectivity index (χ3n) is 1.66. The highest BCUT2D eigenvalue weighted by Gasteiger charge is 1.98. The Labute approximate surface area is 80.2 Å². The molecular formula is C9H5N3S. The third kappa shape index (κ3) is 1.45. The van der Waals surface area contributed by atoms with Gasteiger partial charge in [-0.05, 0) is 30.4 Å². The van der Waals surface area contributed by atoms with Crippen LogP contribution in [0.25, 0.3) is 10.9 Å². The maximum Gasteiger partial charge on any atom is 0.171 e. The van der Waals surface area contributed by atoms with Crippen molar-refractivity contribution in [3.8, 4) is 0 Å². The summed E-state index contributed by atoms with van der Waals surface area (Å²) in [6, 6.07) is 5.57. The van der Waals surface area contributed by atoms with Gasteiger partial charge >= 0.3 is 0 Å². The van der Waals surface area contributed by atoms with E-state index >= 15 is 0 Å². The zero-order valence-electron chi connectivity index (χ0n) is 6.64. The van der Waals surface area contributed by atoms with E-state index in [4.69, 9.17) is 0 Å². The quantitative estimate of drug-likeness (QED) is 0.508. The van der Waals surface area contributed by atoms with E-state index in [2.05, 4.69) is 32.3 Å². The first-order valence-corrected chi connectivity index (χ1v) is 4.10. The molecule has 0 bridgehead atoms. The van der Waals surface area contributed by atoms with Crippen LogP contribution in [0.15, 0.2) is 35.6 Å². The van der Waals surface area contributed by atoms with Crippen LogP contribution in [0, 0.1) is 0 Å². The molecule has 0 amide bonds. The molecular weight excluding hydrogens is 182 g/mol. The lowest BCUT2D eigenvalue weighted by Crippen LogP contribution is -1.80. The van der Waals surface area contributed by atoms with E-state index in [9.17, 15) is 0 Å². The first-order chi connectivity index (χ1) is 6.42. The summed E-state index contributed by atoms with van der Waals surface area (Å²) in [5, 5.41) is 3.19. The van der Waals surface area contributed by atoms with Crippen LogP contribution in [0.1, 0.15) is 0 Å². The van der Waals surface area contributed by atoms with Gasteiger partial charge in [-0.2, -0.15) is 4.99 Å². The zero-order chi connectivity index (χ0) is 9.10. The van der Waals surface area contributed by atoms with Crippen molar-refractivity contribution in [3.63, 3.8) is 0 Å². The number of rotatable bonds is 1. The molecule has 0 aliphatic rings. The summed E-state index contributed by atoms with van der Waals surface area (Å²) >= 11 is 4.52. The summed E-state index contributed by atoms with van der Waals surface area (Å²) < 4.78 is 0. The summed E-state index contributed by atoms with van der Waals surface area (Å²) in [6.07, 6.45) is 3.38. The Balaban J connectivity index is 2.82. The van der Waals surface area contributed by atoms with E-state index in [0.717, 1.165) is 10.9 Å². The average molecular weight is 187 g/mol. The van der Waals surface area contributed by atoms with Crippen molar-refractivity contribution in [1.82, 2.24) is 9.97 Å². The number of pyridine rings is 2. The smallest absolute Gasteiger partial charge is 0.171 e. The molecule has 0 saturated carbocycles. The van der Waals surface area contributed by atoms with E-state index in [1.165, 1.54) is 0 Å². The van der Waals surface area contributed by atoms with Gasteiger partial charge in [-0.3, -0.25) is 4.98 Å². The molecule has 2 heterocycles. The Morgan fingerprint density at radius 2 is 2.15 bits per heavy atom. The fourth-order valence-corrected chi connectivity index (χ4v) is 1.21. The molecule has 0 atom stereocenters. The second-order valence-electron chi connectivity index (χ2n) is 2.41. The standard InChI is InChI=1S/C9H5N3S/c13-6-12-9-7-2-1-4-10-8(7)3-5-11-9/h1-5H. The van der Waals surface area contributed by atoms with Crippen LogP contribution in [0.4, 0.5) is 5.82 Å². The Bertz CT molecular complexity index is 484. The molecule has 0 aromatic carbocycles. The van der Waals surface area contributed by atoms with E-state index in [0.29, 0.717) is 5.82 Å². The molecule has 0 saturated heterocycles. The van der Waals surface area contributed by atoms with Gasteiger partial charge in [0.1, 0.15) is 0 Å². The number of aliphatic imine (C=N–C) groups is 1. The summed E-state index contributed by atoms with van der Waals surface area (Å²) in [5.41, 5.74) is 0.863. The minimum absolute atomic E-state index is 0.570. The van der Waals surface area contributed by atoms with E-state index in [1.807, 2.05) is 18.2 Å². The molecule has 0 unspecified atom stereocenters. The van der Waals surface area contributed by atoms with Gasteiger partial charge < -0.3 is 0 Å². The number of fused-ring (bicyclic) bond motifs is 1. The Morgan fingerprint density at radius 1 is 1.23 bits per heavy atom. The van der Waals surface area contributed by atoms with Gasteiger partial charge in [-0.1, -0.05) is 0 Å². The molecule has 13 heavy (non-hydrogen) atoms. The molecule has 0 radical (unpaired) electrons. The number of isothiocyanates is 1. The largest absolute Gasteiger partial charge is 0.256 e. The van der Waals surface area contributed by atoms with Gasteiger partial charge in [0, 0.05) is 17.8 Å². The van der Waals surface area contributed by atoms with Crippen molar-refractivity contribution in [2.24, 2.45) is 4.99 Å². The lowest BCUT2D eigenvalue weighted by atomic mass is 10.2. The zero-order valence-corrected chi connectivity index (χ0v) is 7.45. The number of hydrogen-bond donors (Lipinski definition) is 0.